The fraction of sp³-hybridized carbons (Fsp3) is 0.625. The van der Waals surface area contributed by atoms with E-state index in [9.17, 15) is 8.42 Å². The monoisotopic (exact) mass is 310 g/mol. The maximum atomic E-state index is 12.8. The van der Waals surface area contributed by atoms with Crippen LogP contribution in [0.25, 0.3) is 0 Å². The quantitative estimate of drug-likeness (QED) is 0.930. The van der Waals surface area contributed by atoms with E-state index in [4.69, 9.17) is 5.73 Å². The molecular weight excluding hydrogens is 284 g/mol. The van der Waals surface area contributed by atoms with Gasteiger partial charge in [-0.3, -0.25) is 0 Å². The third kappa shape index (κ3) is 3.65. The van der Waals surface area contributed by atoms with Gasteiger partial charge in [-0.15, -0.1) is 0 Å². The standard InChI is InChI=1S/C16H26N2O2S/c1-3-14-5-4-9-18(10-8-14)21(19,20)16-7-6-13(2)15(11-16)12-17/h6-7,11,14H,3-5,8-10,12,17H2,1-2H3. The minimum absolute atomic E-state index is 0.368. The molecule has 2 rings (SSSR count). The van der Waals surface area contributed by atoms with Crippen molar-refractivity contribution < 1.29 is 8.42 Å². The van der Waals surface area contributed by atoms with Crippen molar-refractivity contribution in [3.05, 3.63) is 29.3 Å². The van der Waals surface area contributed by atoms with Gasteiger partial charge in [0.1, 0.15) is 0 Å². The van der Waals surface area contributed by atoms with Crippen LogP contribution in [0, 0.1) is 12.8 Å². The van der Waals surface area contributed by atoms with Crippen LogP contribution >= 0.6 is 0 Å². The Kier molecular flexibility index (Phi) is 5.41. The van der Waals surface area contributed by atoms with E-state index in [1.807, 2.05) is 13.0 Å². The fourth-order valence-corrected chi connectivity index (χ4v) is 4.51. The largest absolute Gasteiger partial charge is 0.326 e. The fourth-order valence-electron chi connectivity index (χ4n) is 2.96. The third-order valence-electron chi connectivity index (χ3n) is 4.56. The van der Waals surface area contributed by atoms with Gasteiger partial charge in [0.05, 0.1) is 4.90 Å². The Morgan fingerprint density at radius 1 is 1.29 bits per heavy atom. The highest BCUT2D eigenvalue weighted by atomic mass is 32.2. The van der Waals surface area contributed by atoms with Crippen LogP contribution in [-0.4, -0.2) is 25.8 Å². The molecule has 0 aromatic heterocycles. The molecule has 1 aromatic rings. The number of aryl methyl sites for hydroxylation is 1. The average molecular weight is 310 g/mol. The van der Waals surface area contributed by atoms with Crippen LogP contribution in [0.1, 0.15) is 43.7 Å². The van der Waals surface area contributed by atoms with E-state index in [0.717, 1.165) is 36.8 Å². The minimum atomic E-state index is -3.39. The van der Waals surface area contributed by atoms with Crippen molar-refractivity contribution in [1.29, 1.82) is 0 Å². The molecule has 1 heterocycles. The van der Waals surface area contributed by atoms with Crippen LogP contribution in [0.5, 0.6) is 0 Å². The van der Waals surface area contributed by atoms with Crippen molar-refractivity contribution in [3.63, 3.8) is 0 Å². The normalized spacial score (nSPS) is 21.2. The minimum Gasteiger partial charge on any atom is -0.326 e. The smallest absolute Gasteiger partial charge is 0.243 e. The topological polar surface area (TPSA) is 63.4 Å². The van der Waals surface area contributed by atoms with E-state index in [1.54, 1.807) is 16.4 Å². The summed E-state index contributed by atoms with van der Waals surface area (Å²) in [5.74, 6) is 0.655. The zero-order valence-electron chi connectivity index (χ0n) is 13.0. The molecule has 0 spiro atoms. The number of benzene rings is 1. The molecule has 21 heavy (non-hydrogen) atoms. The second-order valence-electron chi connectivity index (χ2n) is 5.90. The predicted octanol–water partition coefficient (Wildman–Crippen LogP) is 2.65. The summed E-state index contributed by atoms with van der Waals surface area (Å²) in [5.41, 5.74) is 7.63. The van der Waals surface area contributed by atoms with Crippen molar-refractivity contribution in [2.45, 2.75) is 51.0 Å². The van der Waals surface area contributed by atoms with Gasteiger partial charge in [0.2, 0.25) is 10.0 Å². The van der Waals surface area contributed by atoms with Crippen LogP contribution in [0.3, 0.4) is 0 Å². The molecule has 1 aliphatic rings. The summed E-state index contributed by atoms with van der Waals surface area (Å²) in [6.07, 6.45) is 4.18. The maximum absolute atomic E-state index is 12.8. The van der Waals surface area contributed by atoms with Crippen molar-refractivity contribution >= 4 is 10.0 Å². The summed E-state index contributed by atoms with van der Waals surface area (Å²) in [4.78, 5) is 0.378. The molecule has 4 nitrogen and oxygen atoms in total. The van der Waals surface area contributed by atoms with Gasteiger partial charge in [-0.2, -0.15) is 4.31 Å². The molecule has 0 amide bonds. The van der Waals surface area contributed by atoms with Gasteiger partial charge in [0.15, 0.2) is 0 Å². The van der Waals surface area contributed by atoms with E-state index in [2.05, 4.69) is 6.92 Å². The number of hydrogen-bond acceptors (Lipinski definition) is 3. The SMILES string of the molecule is CCC1CCCN(S(=O)(=O)c2ccc(C)c(CN)c2)CC1. The molecule has 0 aliphatic carbocycles. The Bertz CT molecular complexity index is 584. The van der Waals surface area contributed by atoms with Crippen LogP contribution < -0.4 is 5.73 Å². The van der Waals surface area contributed by atoms with E-state index >= 15 is 0 Å². The third-order valence-corrected chi connectivity index (χ3v) is 6.46. The second-order valence-corrected chi connectivity index (χ2v) is 7.84. The molecule has 2 N–H and O–H groups in total. The van der Waals surface area contributed by atoms with Crippen molar-refractivity contribution in [3.8, 4) is 0 Å². The van der Waals surface area contributed by atoms with Gasteiger partial charge < -0.3 is 5.73 Å². The Labute approximate surface area is 128 Å². The number of hydrogen-bond donors (Lipinski definition) is 1. The van der Waals surface area contributed by atoms with E-state index in [0.29, 0.717) is 30.4 Å². The first-order chi connectivity index (χ1) is 9.98. The van der Waals surface area contributed by atoms with Crippen molar-refractivity contribution in [1.82, 2.24) is 4.31 Å². The van der Waals surface area contributed by atoms with Crippen LogP contribution in [-0.2, 0) is 16.6 Å². The first kappa shape index (κ1) is 16.5. The Hall–Kier alpha value is -0.910. The molecule has 1 aromatic carbocycles. The lowest BCUT2D eigenvalue weighted by Crippen LogP contribution is -2.32. The predicted molar refractivity (Wildman–Crippen MR) is 85.5 cm³/mol. The number of rotatable bonds is 4. The molecular formula is C16H26N2O2S. The maximum Gasteiger partial charge on any atom is 0.243 e. The lowest BCUT2D eigenvalue weighted by atomic mass is 9.98. The Morgan fingerprint density at radius 3 is 2.71 bits per heavy atom. The van der Waals surface area contributed by atoms with E-state index in [-0.39, 0.29) is 0 Å². The van der Waals surface area contributed by atoms with Crippen LogP contribution in [0.4, 0.5) is 0 Å². The van der Waals surface area contributed by atoms with Gasteiger partial charge in [-0.05, 0) is 55.4 Å². The summed E-state index contributed by atoms with van der Waals surface area (Å²) >= 11 is 0. The summed E-state index contributed by atoms with van der Waals surface area (Å²) in [5, 5.41) is 0. The first-order valence-corrected chi connectivity index (χ1v) is 9.22. The van der Waals surface area contributed by atoms with Gasteiger partial charge >= 0.3 is 0 Å². The van der Waals surface area contributed by atoms with Gasteiger partial charge in [-0.25, -0.2) is 8.42 Å². The molecule has 118 valence electrons. The number of sulfonamides is 1. The van der Waals surface area contributed by atoms with Gasteiger partial charge in [0.25, 0.3) is 0 Å². The first-order valence-electron chi connectivity index (χ1n) is 7.78. The highest BCUT2D eigenvalue weighted by molar-refractivity contribution is 7.89. The molecule has 1 saturated heterocycles. The Morgan fingerprint density at radius 2 is 2.05 bits per heavy atom. The Balaban J connectivity index is 2.25. The lowest BCUT2D eigenvalue weighted by molar-refractivity contribution is 0.407. The van der Waals surface area contributed by atoms with Crippen LogP contribution in [0.15, 0.2) is 23.1 Å². The van der Waals surface area contributed by atoms with E-state index in [1.165, 1.54) is 0 Å². The second kappa shape index (κ2) is 6.90. The number of nitrogens with two attached hydrogens (primary N) is 1. The molecule has 0 saturated carbocycles. The summed E-state index contributed by atoms with van der Waals surface area (Å²) in [6.45, 7) is 5.77. The molecule has 1 aliphatic heterocycles. The van der Waals surface area contributed by atoms with Crippen molar-refractivity contribution in [2.75, 3.05) is 13.1 Å². The van der Waals surface area contributed by atoms with Crippen LogP contribution in [0.2, 0.25) is 0 Å². The van der Waals surface area contributed by atoms with Gasteiger partial charge in [0, 0.05) is 19.6 Å². The zero-order chi connectivity index (χ0) is 15.5. The summed E-state index contributed by atoms with van der Waals surface area (Å²) in [6, 6.07) is 5.28. The molecule has 1 unspecified atom stereocenters. The molecule has 1 atom stereocenters. The van der Waals surface area contributed by atoms with Crippen molar-refractivity contribution in [2.24, 2.45) is 11.7 Å². The van der Waals surface area contributed by atoms with E-state index < -0.39 is 10.0 Å². The average Bonchev–Trinajstić information content (AvgIpc) is 2.73. The van der Waals surface area contributed by atoms with Gasteiger partial charge in [-0.1, -0.05) is 19.4 Å². The summed E-state index contributed by atoms with van der Waals surface area (Å²) < 4.78 is 27.2. The molecule has 0 radical (unpaired) electrons. The summed E-state index contributed by atoms with van der Waals surface area (Å²) in [7, 11) is -3.39. The molecule has 5 heteroatoms. The number of nitrogens with zero attached hydrogens (tertiary/aromatic N) is 1. The highest BCUT2D eigenvalue weighted by Crippen LogP contribution is 2.25. The lowest BCUT2D eigenvalue weighted by Gasteiger charge is -2.21. The molecule has 1 fully saturated rings. The zero-order valence-corrected chi connectivity index (χ0v) is 13.8. The molecule has 0 bridgehead atoms. The highest BCUT2D eigenvalue weighted by Gasteiger charge is 2.27.